The molecule has 0 aliphatic rings. The van der Waals surface area contributed by atoms with Crippen LogP contribution in [0.2, 0.25) is 0 Å². The van der Waals surface area contributed by atoms with Crippen LogP contribution >= 0.6 is 28.5 Å². The Kier molecular flexibility index (Phi) is 11.9. The van der Waals surface area contributed by atoms with Gasteiger partial charge in [-0.1, -0.05) is 60.7 Å². The van der Waals surface area contributed by atoms with Crippen molar-refractivity contribution < 1.29 is 20.4 Å². The van der Waals surface area contributed by atoms with Gasteiger partial charge in [0.25, 0.3) is 0 Å². The first kappa shape index (κ1) is 31.6. The van der Waals surface area contributed by atoms with E-state index in [4.69, 9.17) is 19.5 Å². The number of ether oxygens (including phenoxy) is 2. The molecule has 0 heterocycles. The van der Waals surface area contributed by atoms with Crippen molar-refractivity contribution in [1.29, 1.82) is 0 Å². The molecular formula is C32H36Br2N2NiO2. The first-order valence-electron chi connectivity index (χ1n) is 12.7. The molecule has 0 aliphatic heterocycles. The van der Waals surface area contributed by atoms with Crippen LogP contribution in [0.3, 0.4) is 0 Å². The molecule has 0 saturated carbocycles. The zero-order chi connectivity index (χ0) is 28.5. The van der Waals surface area contributed by atoms with E-state index in [2.05, 4.69) is 101 Å². The number of fused-ring (bicyclic) bond motifs is 2. The molecule has 0 aliphatic carbocycles. The molecule has 210 valence electrons. The Labute approximate surface area is 252 Å². The molecule has 0 N–H and O–H groups in total. The van der Waals surface area contributed by atoms with Crippen LogP contribution in [0, 0.1) is 0 Å². The first-order valence-corrected chi connectivity index (χ1v) is 17.6. The number of hydrogen-bond acceptors (Lipinski definition) is 4. The van der Waals surface area contributed by atoms with Gasteiger partial charge in [0.1, 0.15) is 0 Å². The van der Waals surface area contributed by atoms with Crippen LogP contribution < -0.4 is 0 Å². The molecule has 0 unspecified atom stereocenters. The van der Waals surface area contributed by atoms with Crippen LogP contribution in [-0.4, -0.2) is 36.8 Å². The third kappa shape index (κ3) is 9.61. The van der Waals surface area contributed by atoms with Gasteiger partial charge in [0.15, 0.2) is 0 Å². The molecule has 0 radical (unpaired) electrons. The summed E-state index contributed by atoms with van der Waals surface area (Å²) in [5, 5.41) is 4.61. The average molecular weight is 699 g/mol. The number of rotatable bonds is 7. The molecule has 0 aromatic heterocycles. The van der Waals surface area contributed by atoms with Crippen LogP contribution in [0.5, 0.6) is 0 Å². The summed E-state index contributed by atoms with van der Waals surface area (Å²) in [4.78, 5) is 9.77. The van der Waals surface area contributed by atoms with Crippen LogP contribution in [0.4, 0.5) is 11.4 Å². The van der Waals surface area contributed by atoms with E-state index in [0.29, 0.717) is 13.2 Å². The van der Waals surface area contributed by atoms with Crippen molar-refractivity contribution in [1.82, 2.24) is 0 Å². The van der Waals surface area contributed by atoms with Crippen LogP contribution in [0.1, 0.15) is 41.5 Å². The van der Waals surface area contributed by atoms with Gasteiger partial charge >= 0.3 is 39.3 Å². The molecule has 4 aromatic rings. The Balaban J connectivity index is 0.00000134. The molecule has 0 spiro atoms. The molecule has 0 amide bonds. The number of halogens is 2. The van der Waals surface area contributed by atoms with Gasteiger partial charge in [-0.15, -0.1) is 0 Å². The van der Waals surface area contributed by atoms with E-state index in [1.807, 2.05) is 54.0 Å². The maximum absolute atomic E-state index is 5.88. The van der Waals surface area contributed by atoms with Crippen molar-refractivity contribution in [2.24, 2.45) is 9.98 Å². The Bertz CT molecular complexity index is 1330. The number of aliphatic imine (C=N–C) groups is 2. The molecule has 0 fully saturated rings. The average Bonchev–Trinajstić information content (AvgIpc) is 2.88. The second kappa shape index (κ2) is 14.7. The van der Waals surface area contributed by atoms with Gasteiger partial charge in [0.05, 0.1) is 35.8 Å². The summed E-state index contributed by atoms with van der Waals surface area (Å²) in [6.45, 7) is 13.2. The molecule has 0 saturated heterocycles. The van der Waals surface area contributed by atoms with Gasteiger partial charge in [0, 0.05) is 23.6 Å². The zero-order valence-electron chi connectivity index (χ0n) is 23.3. The predicted octanol–water partition coefficient (Wildman–Crippen LogP) is 10.4. The quantitative estimate of drug-likeness (QED) is 0.142. The minimum atomic E-state index is -0.217. The van der Waals surface area contributed by atoms with E-state index in [1.54, 1.807) is 0 Å². The number of hydrogen-bond donors (Lipinski definition) is 0. The summed E-state index contributed by atoms with van der Waals surface area (Å²) in [5.41, 5.74) is 3.49. The minimum absolute atomic E-state index is 0.217. The maximum atomic E-state index is 5.88. The van der Waals surface area contributed by atoms with E-state index in [-0.39, 0.29) is 11.2 Å². The van der Waals surface area contributed by atoms with Crippen molar-refractivity contribution in [3.05, 3.63) is 72.8 Å². The third-order valence-corrected chi connectivity index (χ3v) is 5.71. The van der Waals surface area contributed by atoms with E-state index in [0.717, 1.165) is 44.0 Å². The summed E-state index contributed by atoms with van der Waals surface area (Å²) < 4.78 is 11.8. The molecule has 4 nitrogen and oxygen atoms in total. The van der Waals surface area contributed by atoms with E-state index >= 15 is 0 Å². The van der Waals surface area contributed by atoms with Gasteiger partial charge in [-0.05, 0) is 75.2 Å². The molecular weight excluding hydrogens is 663 g/mol. The monoisotopic (exact) mass is 696 g/mol. The van der Waals surface area contributed by atoms with E-state index in [1.165, 1.54) is 10.9 Å². The summed E-state index contributed by atoms with van der Waals surface area (Å²) >= 11 is 6.00. The number of nitrogens with zero attached hydrogens (tertiary/aromatic N) is 2. The topological polar surface area (TPSA) is 43.2 Å². The van der Waals surface area contributed by atoms with Crippen molar-refractivity contribution in [3.63, 3.8) is 0 Å². The Morgan fingerprint density at radius 3 is 1.33 bits per heavy atom. The zero-order valence-corrected chi connectivity index (χ0v) is 27.4. The second-order valence-electron chi connectivity index (χ2n) is 10.9. The fourth-order valence-electron chi connectivity index (χ4n) is 4.11. The van der Waals surface area contributed by atoms with Gasteiger partial charge in [-0.25, -0.2) is 0 Å². The first-order chi connectivity index (χ1) is 18.5. The van der Waals surface area contributed by atoms with Crippen molar-refractivity contribution >= 4 is 73.8 Å². The molecule has 4 aromatic carbocycles. The predicted molar refractivity (Wildman–Crippen MR) is 172 cm³/mol. The fraction of sp³-hybridized carbons (Fsp3) is 0.312. The summed E-state index contributed by atoms with van der Waals surface area (Å²) in [6.07, 6.45) is 3.70. The van der Waals surface area contributed by atoms with Gasteiger partial charge in [-0.2, -0.15) is 0 Å². The SMILES string of the molecule is CC(C)(C)OCC=Nc1ccc2ccccc2c1-c1c(N=CCOC(C)(C)C)ccc2ccccc12.[Br][Ni][Br]. The molecule has 0 bridgehead atoms. The molecule has 4 rings (SSSR count). The third-order valence-electron chi connectivity index (χ3n) is 5.71. The van der Waals surface area contributed by atoms with Crippen LogP contribution in [0.15, 0.2) is 82.8 Å². The van der Waals surface area contributed by atoms with E-state index < -0.39 is 0 Å². The Hall–Kier alpha value is -1.89. The molecule has 39 heavy (non-hydrogen) atoms. The normalized spacial score (nSPS) is 12.5. The molecule has 0 atom stereocenters. The van der Waals surface area contributed by atoms with Crippen LogP contribution in [0.25, 0.3) is 32.7 Å². The van der Waals surface area contributed by atoms with Crippen molar-refractivity contribution in [2.45, 2.75) is 52.7 Å². The summed E-state index contributed by atoms with van der Waals surface area (Å²) in [5.74, 6) is 0. The van der Waals surface area contributed by atoms with Gasteiger partial charge < -0.3 is 9.47 Å². The summed E-state index contributed by atoms with van der Waals surface area (Å²) in [6, 6.07) is 25.3. The van der Waals surface area contributed by atoms with Crippen LogP contribution in [-0.2, 0) is 20.4 Å². The summed E-state index contributed by atoms with van der Waals surface area (Å²) in [7, 11) is 1.25. The van der Waals surface area contributed by atoms with E-state index in [9.17, 15) is 0 Å². The van der Waals surface area contributed by atoms with Gasteiger partial charge in [-0.3, -0.25) is 9.98 Å². The second-order valence-corrected chi connectivity index (χ2v) is 15.9. The fourth-order valence-corrected chi connectivity index (χ4v) is 4.11. The molecule has 7 heteroatoms. The number of benzene rings is 4. The van der Waals surface area contributed by atoms with Crippen molar-refractivity contribution in [2.75, 3.05) is 13.2 Å². The standard InChI is InChI=1S/C32H36N2O2.2BrH.Ni/c1-31(2,3)35-21-19-33-27-17-15-23-11-7-9-13-25(23)29(27)30-26-14-10-8-12-24(26)16-18-28(30)34-20-22-36-32(4,5)6;;;/h7-20H,21-22H2,1-6H3;2*1H;/q;;;+2/p-2. The van der Waals surface area contributed by atoms with Gasteiger partial charge in [0.2, 0.25) is 0 Å². The van der Waals surface area contributed by atoms with Crippen molar-refractivity contribution in [3.8, 4) is 11.1 Å². The Morgan fingerprint density at radius 1 is 0.615 bits per heavy atom. The Morgan fingerprint density at radius 2 is 0.974 bits per heavy atom.